The molecule has 0 radical (unpaired) electrons. The number of hydrogen-bond acceptors (Lipinski definition) is 6. The van der Waals surface area contributed by atoms with E-state index in [1.54, 1.807) is 20.8 Å². The second kappa shape index (κ2) is 7.34. The van der Waals surface area contributed by atoms with Crippen molar-refractivity contribution in [1.82, 2.24) is 14.9 Å². The molecule has 0 spiro atoms. The van der Waals surface area contributed by atoms with Gasteiger partial charge in [0.2, 0.25) is 5.75 Å². The maximum atomic E-state index is 13.4. The number of carbonyl (C=O) groups is 1. The van der Waals surface area contributed by atoms with Crippen molar-refractivity contribution in [2.24, 2.45) is 7.05 Å². The maximum Gasteiger partial charge on any atom is 0.296 e. The zero-order valence-electron chi connectivity index (χ0n) is 16.2. The minimum Gasteiger partial charge on any atom is -0.501 e. The normalized spacial score (nSPS) is 12.1. The lowest BCUT2D eigenvalue weighted by Crippen LogP contribution is -2.34. The topological polar surface area (TPSA) is 118 Å². The van der Waals surface area contributed by atoms with Crippen molar-refractivity contribution < 1.29 is 22.7 Å². The summed E-state index contributed by atoms with van der Waals surface area (Å²) in [5, 5.41) is 12.5. The molecule has 2 N–H and O–H groups in total. The molecule has 1 amide bonds. The summed E-state index contributed by atoms with van der Waals surface area (Å²) in [7, 11) is -2.29. The molecule has 0 aliphatic carbocycles. The molecule has 1 heterocycles. The largest absolute Gasteiger partial charge is 0.501 e. The monoisotopic (exact) mass is 411 g/mol. The molecule has 8 nitrogen and oxygen atoms in total. The maximum absolute atomic E-state index is 13.4. The molecule has 0 fully saturated rings. The third kappa shape index (κ3) is 4.38. The number of rotatable bonds is 4. The van der Waals surface area contributed by atoms with Gasteiger partial charge in [0.05, 0.1) is 4.90 Å². The van der Waals surface area contributed by atoms with Crippen LogP contribution in [0.2, 0.25) is 0 Å². The quantitative estimate of drug-likeness (QED) is 0.782. The Morgan fingerprint density at radius 2 is 1.93 bits per heavy atom. The number of aromatic nitrogens is 2. The third-order valence-electron chi connectivity index (χ3n) is 4.02. The molecule has 0 saturated carbocycles. The number of nitrogens with zero attached hydrogens (tertiary/aromatic N) is 2. The summed E-state index contributed by atoms with van der Waals surface area (Å²) in [6.45, 7) is 5.13. The van der Waals surface area contributed by atoms with Crippen LogP contribution in [0.4, 0.5) is 4.39 Å². The highest BCUT2D eigenvalue weighted by Crippen LogP contribution is 2.22. The van der Waals surface area contributed by atoms with E-state index in [0.29, 0.717) is 5.82 Å². The smallest absolute Gasteiger partial charge is 0.296 e. The summed E-state index contributed by atoms with van der Waals surface area (Å²) in [4.78, 5) is 28.6. The van der Waals surface area contributed by atoms with Crippen molar-refractivity contribution in [2.75, 3.05) is 6.26 Å². The third-order valence-corrected chi connectivity index (χ3v) is 5.20. The highest BCUT2D eigenvalue weighted by Gasteiger charge is 2.26. The van der Waals surface area contributed by atoms with E-state index < -0.39 is 44.0 Å². The molecular weight excluding hydrogens is 389 g/mol. The van der Waals surface area contributed by atoms with Gasteiger partial charge in [0.25, 0.3) is 11.5 Å². The number of nitrogens with one attached hydrogen (secondary N) is 1. The zero-order chi connectivity index (χ0) is 21.4. The van der Waals surface area contributed by atoms with Gasteiger partial charge in [0.1, 0.15) is 11.6 Å². The van der Waals surface area contributed by atoms with Crippen LogP contribution in [0.3, 0.4) is 0 Å². The fourth-order valence-corrected chi connectivity index (χ4v) is 3.64. The van der Waals surface area contributed by atoms with Gasteiger partial charge in [0.15, 0.2) is 15.5 Å². The van der Waals surface area contributed by atoms with Crippen LogP contribution in [-0.4, -0.2) is 35.2 Å². The molecule has 0 aliphatic rings. The molecule has 152 valence electrons. The molecule has 10 heteroatoms. The molecule has 0 aliphatic heterocycles. The summed E-state index contributed by atoms with van der Waals surface area (Å²) < 4.78 is 38.2. The van der Waals surface area contributed by atoms with E-state index in [9.17, 15) is 27.5 Å². The molecular formula is C18H22FN3O5S. The molecule has 0 atom stereocenters. The molecule has 2 rings (SSSR count). The Morgan fingerprint density at radius 1 is 1.32 bits per heavy atom. The molecule has 2 aromatic rings. The average Bonchev–Trinajstić information content (AvgIpc) is 2.56. The standard InChI is InChI=1S/C18H22FN3O5S/c1-18(2,3)17-21-13(14(23)16(25)22(17)4)15(24)20-9-10-6-7-11(19)8-12(10)28(5,26)27/h6-8,23H,9H2,1-5H3,(H,20,24). The minimum atomic E-state index is -3.72. The van der Waals surface area contributed by atoms with Gasteiger partial charge in [-0.05, 0) is 17.7 Å². The van der Waals surface area contributed by atoms with Gasteiger partial charge in [-0.1, -0.05) is 26.8 Å². The average molecular weight is 411 g/mol. The van der Waals surface area contributed by atoms with Gasteiger partial charge in [-0.2, -0.15) is 0 Å². The summed E-state index contributed by atoms with van der Waals surface area (Å²) in [6, 6.07) is 3.17. The van der Waals surface area contributed by atoms with Crippen LogP contribution in [0.15, 0.2) is 27.9 Å². The first-order valence-corrected chi connectivity index (χ1v) is 10.2. The van der Waals surface area contributed by atoms with Crippen LogP contribution in [0.25, 0.3) is 0 Å². The highest BCUT2D eigenvalue weighted by atomic mass is 32.2. The molecule has 28 heavy (non-hydrogen) atoms. The number of halogens is 1. The molecule has 1 aromatic heterocycles. The van der Waals surface area contributed by atoms with E-state index in [0.717, 1.165) is 23.0 Å². The first-order chi connectivity index (χ1) is 12.7. The van der Waals surface area contributed by atoms with Crippen molar-refractivity contribution in [3.05, 3.63) is 51.5 Å². The summed E-state index contributed by atoms with van der Waals surface area (Å²) in [5.41, 5.74) is -1.65. The van der Waals surface area contributed by atoms with E-state index >= 15 is 0 Å². The fraction of sp³-hybridized carbons (Fsp3) is 0.389. The van der Waals surface area contributed by atoms with Gasteiger partial charge < -0.3 is 10.4 Å². The number of sulfone groups is 1. The lowest BCUT2D eigenvalue weighted by molar-refractivity contribution is 0.0941. The first-order valence-electron chi connectivity index (χ1n) is 8.30. The Labute approximate surface area is 162 Å². The van der Waals surface area contributed by atoms with E-state index in [1.807, 2.05) is 0 Å². The van der Waals surface area contributed by atoms with Crippen molar-refractivity contribution in [3.63, 3.8) is 0 Å². The predicted molar refractivity (Wildman–Crippen MR) is 101 cm³/mol. The van der Waals surface area contributed by atoms with Crippen LogP contribution >= 0.6 is 0 Å². The summed E-state index contributed by atoms with van der Waals surface area (Å²) in [6.07, 6.45) is 0.928. The zero-order valence-corrected chi connectivity index (χ0v) is 17.0. The first kappa shape index (κ1) is 21.5. The number of carbonyl (C=O) groups excluding carboxylic acids is 1. The minimum absolute atomic E-state index is 0.164. The Morgan fingerprint density at radius 3 is 2.46 bits per heavy atom. The summed E-state index contributed by atoms with van der Waals surface area (Å²) in [5.74, 6) is -2.10. The second-order valence-electron chi connectivity index (χ2n) is 7.45. The van der Waals surface area contributed by atoms with Crippen LogP contribution in [0.5, 0.6) is 5.75 Å². The predicted octanol–water partition coefficient (Wildman–Crippen LogP) is 1.26. The van der Waals surface area contributed by atoms with Gasteiger partial charge in [-0.3, -0.25) is 14.2 Å². The molecule has 0 saturated heterocycles. The van der Waals surface area contributed by atoms with Crippen molar-refractivity contribution >= 4 is 15.7 Å². The number of amides is 1. The fourth-order valence-electron chi connectivity index (χ4n) is 2.70. The molecule has 0 unspecified atom stereocenters. The highest BCUT2D eigenvalue weighted by molar-refractivity contribution is 7.90. The van der Waals surface area contributed by atoms with Crippen molar-refractivity contribution in [2.45, 2.75) is 37.6 Å². The van der Waals surface area contributed by atoms with E-state index in [2.05, 4.69) is 10.3 Å². The van der Waals surface area contributed by atoms with Crippen molar-refractivity contribution in [3.8, 4) is 5.75 Å². The van der Waals surface area contributed by atoms with Crippen LogP contribution in [0.1, 0.15) is 42.6 Å². The Hall–Kier alpha value is -2.75. The molecule has 1 aromatic carbocycles. The van der Waals surface area contributed by atoms with Gasteiger partial charge in [-0.25, -0.2) is 17.8 Å². The van der Waals surface area contributed by atoms with E-state index in [4.69, 9.17) is 0 Å². The lowest BCUT2D eigenvalue weighted by Gasteiger charge is -2.21. The van der Waals surface area contributed by atoms with Crippen LogP contribution in [-0.2, 0) is 28.8 Å². The molecule has 0 bridgehead atoms. The second-order valence-corrected chi connectivity index (χ2v) is 9.44. The Kier molecular flexibility index (Phi) is 5.65. The van der Waals surface area contributed by atoms with Crippen molar-refractivity contribution in [1.29, 1.82) is 0 Å². The van der Waals surface area contributed by atoms with Crippen LogP contribution < -0.4 is 10.9 Å². The van der Waals surface area contributed by atoms with Crippen LogP contribution in [0, 0.1) is 5.82 Å². The number of benzene rings is 1. The van der Waals surface area contributed by atoms with E-state index in [-0.39, 0.29) is 17.0 Å². The van der Waals surface area contributed by atoms with Gasteiger partial charge >= 0.3 is 0 Å². The Bertz CT molecular complexity index is 1100. The summed E-state index contributed by atoms with van der Waals surface area (Å²) >= 11 is 0. The van der Waals surface area contributed by atoms with E-state index in [1.165, 1.54) is 13.1 Å². The lowest BCUT2D eigenvalue weighted by atomic mass is 9.95. The van der Waals surface area contributed by atoms with Gasteiger partial charge in [0, 0.05) is 25.3 Å². The SMILES string of the molecule is Cn1c(C(C)(C)C)nc(C(=O)NCc2ccc(F)cc2S(C)(=O)=O)c(O)c1=O. The number of hydrogen-bond donors (Lipinski definition) is 2. The Balaban J connectivity index is 2.41. The van der Waals surface area contributed by atoms with Gasteiger partial charge in [-0.15, -0.1) is 0 Å². The number of aromatic hydroxyl groups is 1.